The highest BCUT2D eigenvalue weighted by atomic mass is 35.5. The van der Waals surface area contributed by atoms with Gasteiger partial charge in [-0.3, -0.25) is 13.9 Å². The fourth-order valence-electron chi connectivity index (χ4n) is 5.00. The highest BCUT2D eigenvalue weighted by Gasteiger charge is 2.34. The minimum absolute atomic E-state index is 0.00539. The molecule has 0 spiro atoms. The number of halogens is 3. The summed E-state index contributed by atoms with van der Waals surface area (Å²) in [5, 5.41) is 3.98. The summed E-state index contributed by atoms with van der Waals surface area (Å²) in [5.74, 6) is -0.860. The van der Waals surface area contributed by atoms with E-state index in [0.717, 1.165) is 41.8 Å². The zero-order chi connectivity index (χ0) is 29.6. The summed E-state index contributed by atoms with van der Waals surface area (Å²) in [4.78, 5) is 29.4. The summed E-state index contributed by atoms with van der Waals surface area (Å²) in [6.07, 6.45) is 5.05. The number of hydrogen-bond donors (Lipinski definition) is 1. The Morgan fingerprint density at radius 3 is 2.17 bits per heavy atom. The molecule has 1 atom stereocenters. The number of sulfonamides is 1. The maximum Gasteiger partial charge on any atom is 0.244 e. The Morgan fingerprint density at radius 1 is 0.878 bits per heavy atom. The van der Waals surface area contributed by atoms with E-state index in [-0.39, 0.29) is 35.6 Å². The first kappa shape index (κ1) is 31.2. The van der Waals surface area contributed by atoms with Crippen LogP contribution < -0.4 is 9.62 Å². The van der Waals surface area contributed by atoms with Gasteiger partial charge in [0.15, 0.2) is 0 Å². The lowest BCUT2D eigenvalue weighted by Crippen LogP contribution is -2.54. The van der Waals surface area contributed by atoms with Gasteiger partial charge in [0.1, 0.15) is 12.6 Å². The van der Waals surface area contributed by atoms with Crippen molar-refractivity contribution in [3.8, 4) is 0 Å². The molecule has 1 aliphatic rings. The first-order valence-electron chi connectivity index (χ1n) is 13.3. The van der Waals surface area contributed by atoms with Crippen LogP contribution in [0.2, 0.25) is 15.1 Å². The lowest BCUT2D eigenvalue weighted by atomic mass is 10.0. The molecule has 2 amide bonds. The number of para-hydroxylation sites is 1. The van der Waals surface area contributed by atoms with Crippen molar-refractivity contribution in [2.45, 2.75) is 50.7 Å². The third-order valence-electron chi connectivity index (χ3n) is 7.11. The molecule has 1 N–H and O–H groups in total. The van der Waals surface area contributed by atoms with Crippen molar-refractivity contribution in [2.24, 2.45) is 0 Å². The SMILES string of the molecule is CS(=O)(=O)N(CC(=O)N(Cc1ccc(Cl)c(Cl)c1)[C@H](Cc1ccccc1)C(=O)NC1CCCC1)c1ccccc1Cl. The third kappa shape index (κ3) is 8.38. The quantitative estimate of drug-likeness (QED) is 0.275. The van der Waals surface area contributed by atoms with Crippen LogP contribution in [0, 0.1) is 0 Å². The minimum Gasteiger partial charge on any atom is -0.352 e. The van der Waals surface area contributed by atoms with Gasteiger partial charge in [0.25, 0.3) is 0 Å². The number of carbonyl (C=O) groups excluding carboxylic acids is 2. The molecule has 0 unspecified atom stereocenters. The average Bonchev–Trinajstić information content (AvgIpc) is 3.44. The zero-order valence-corrected chi connectivity index (χ0v) is 25.7. The van der Waals surface area contributed by atoms with E-state index in [9.17, 15) is 18.0 Å². The summed E-state index contributed by atoms with van der Waals surface area (Å²) in [6.45, 7) is -0.544. The highest BCUT2D eigenvalue weighted by Crippen LogP contribution is 2.29. The lowest BCUT2D eigenvalue weighted by Gasteiger charge is -2.34. The molecule has 3 aromatic rings. The van der Waals surface area contributed by atoms with Crippen LogP contribution in [-0.2, 0) is 32.6 Å². The van der Waals surface area contributed by atoms with E-state index in [1.807, 2.05) is 30.3 Å². The molecule has 0 aliphatic heterocycles. The number of amides is 2. The second kappa shape index (κ2) is 13.9. The van der Waals surface area contributed by atoms with Gasteiger partial charge in [0.05, 0.1) is 27.0 Å². The smallest absolute Gasteiger partial charge is 0.244 e. The Labute approximate surface area is 256 Å². The monoisotopic (exact) mass is 635 g/mol. The second-order valence-corrected chi connectivity index (χ2v) is 13.3. The van der Waals surface area contributed by atoms with Gasteiger partial charge in [-0.1, -0.05) is 96.2 Å². The summed E-state index contributed by atoms with van der Waals surface area (Å²) in [5.41, 5.74) is 1.68. The largest absolute Gasteiger partial charge is 0.352 e. The number of hydrogen-bond acceptors (Lipinski definition) is 4. The van der Waals surface area contributed by atoms with Crippen LogP contribution >= 0.6 is 34.8 Å². The predicted molar refractivity (Wildman–Crippen MR) is 165 cm³/mol. The molecule has 7 nitrogen and oxygen atoms in total. The molecule has 0 aromatic heterocycles. The van der Waals surface area contributed by atoms with E-state index in [0.29, 0.717) is 15.6 Å². The van der Waals surface area contributed by atoms with Gasteiger partial charge in [0, 0.05) is 19.0 Å². The zero-order valence-electron chi connectivity index (χ0n) is 22.6. The number of nitrogens with one attached hydrogen (secondary N) is 1. The van der Waals surface area contributed by atoms with Gasteiger partial charge in [-0.2, -0.15) is 0 Å². The van der Waals surface area contributed by atoms with E-state index >= 15 is 0 Å². The van der Waals surface area contributed by atoms with E-state index in [1.165, 1.54) is 11.0 Å². The molecular weight excluding hydrogens is 605 g/mol. The van der Waals surface area contributed by atoms with Crippen LogP contribution in [0.1, 0.15) is 36.8 Å². The number of rotatable bonds is 11. The molecule has 4 rings (SSSR count). The fourth-order valence-corrected chi connectivity index (χ4v) is 6.47. The third-order valence-corrected chi connectivity index (χ3v) is 9.30. The van der Waals surface area contributed by atoms with E-state index in [4.69, 9.17) is 34.8 Å². The van der Waals surface area contributed by atoms with Crippen LogP contribution in [0.5, 0.6) is 0 Å². The van der Waals surface area contributed by atoms with Crippen LogP contribution in [-0.4, -0.2) is 50.0 Å². The van der Waals surface area contributed by atoms with Crippen molar-refractivity contribution in [3.63, 3.8) is 0 Å². The molecule has 11 heteroatoms. The normalized spacial score (nSPS) is 14.4. The molecule has 3 aromatic carbocycles. The van der Waals surface area contributed by atoms with Crippen LogP contribution in [0.4, 0.5) is 5.69 Å². The van der Waals surface area contributed by atoms with Gasteiger partial charge in [0.2, 0.25) is 21.8 Å². The number of carbonyl (C=O) groups is 2. The Bertz CT molecular complexity index is 1480. The standard InChI is InChI=1S/C30H32Cl3N3O4S/c1-41(39,40)36(27-14-8-7-13-25(27)32)20-29(37)35(19-22-15-16-24(31)26(33)17-22)28(18-21-9-3-2-4-10-21)30(38)34-23-11-5-6-12-23/h2-4,7-10,13-17,23,28H,5-6,11-12,18-20H2,1H3,(H,34,38)/t28-/m1/s1. The van der Waals surface area contributed by atoms with Crippen LogP contribution in [0.3, 0.4) is 0 Å². The predicted octanol–water partition coefficient (Wildman–Crippen LogP) is 6.11. The summed E-state index contributed by atoms with van der Waals surface area (Å²) < 4.78 is 26.8. The number of benzene rings is 3. The maximum absolute atomic E-state index is 14.2. The van der Waals surface area contributed by atoms with Crippen molar-refractivity contribution in [1.29, 1.82) is 0 Å². The molecule has 1 saturated carbocycles. The van der Waals surface area contributed by atoms with Crippen molar-refractivity contribution in [1.82, 2.24) is 10.2 Å². The van der Waals surface area contributed by atoms with Crippen LogP contribution in [0.15, 0.2) is 72.8 Å². The summed E-state index contributed by atoms with van der Waals surface area (Å²) in [7, 11) is -3.92. The highest BCUT2D eigenvalue weighted by molar-refractivity contribution is 7.92. The van der Waals surface area contributed by atoms with Crippen LogP contribution in [0.25, 0.3) is 0 Å². The molecule has 0 radical (unpaired) electrons. The van der Waals surface area contributed by atoms with Gasteiger partial charge < -0.3 is 10.2 Å². The van der Waals surface area contributed by atoms with E-state index in [1.54, 1.807) is 36.4 Å². The fraction of sp³-hybridized carbons (Fsp3) is 0.333. The lowest BCUT2D eigenvalue weighted by molar-refractivity contribution is -0.140. The number of anilines is 1. The summed E-state index contributed by atoms with van der Waals surface area (Å²) in [6, 6.07) is 19.9. The molecule has 1 aliphatic carbocycles. The second-order valence-electron chi connectivity index (χ2n) is 10.2. The van der Waals surface area contributed by atoms with Crippen molar-refractivity contribution in [3.05, 3.63) is 99.0 Å². The first-order valence-corrected chi connectivity index (χ1v) is 16.3. The molecule has 0 bridgehead atoms. The average molecular weight is 637 g/mol. The Hall–Kier alpha value is -2.78. The van der Waals surface area contributed by atoms with E-state index in [2.05, 4.69) is 5.32 Å². The summed E-state index contributed by atoms with van der Waals surface area (Å²) >= 11 is 18.8. The Morgan fingerprint density at radius 2 is 1.54 bits per heavy atom. The van der Waals surface area contributed by atoms with Gasteiger partial charge >= 0.3 is 0 Å². The molecular formula is C30H32Cl3N3O4S. The number of nitrogens with zero attached hydrogens (tertiary/aromatic N) is 2. The van der Waals surface area contributed by atoms with Crippen molar-refractivity contribution < 1.29 is 18.0 Å². The van der Waals surface area contributed by atoms with E-state index < -0.39 is 28.5 Å². The molecule has 41 heavy (non-hydrogen) atoms. The minimum atomic E-state index is -3.92. The van der Waals surface area contributed by atoms with Gasteiger partial charge in [-0.05, 0) is 48.2 Å². The molecule has 1 fully saturated rings. The molecule has 218 valence electrons. The van der Waals surface area contributed by atoms with Gasteiger partial charge in [-0.15, -0.1) is 0 Å². The topological polar surface area (TPSA) is 86.8 Å². The Balaban J connectivity index is 1.74. The Kier molecular flexibility index (Phi) is 10.6. The molecule has 0 heterocycles. The van der Waals surface area contributed by atoms with Crippen molar-refractivity contribution >= 4 is 62.3 Å². The molecule has 0 saturated heterocycles. The van der Waals surface area contributed by atoms with Gasteiger partial charge in [-0.25, -0.2) is 8.42 Å². The maximum atomic E-state index is 14.2. The van der Waals surface area contributed by atoms with Crippen molar-refractivity contribution in [2.75, 3.05) is 17.1 Å². The first-order chi connectivity index (χ1) is 19.5.